The number of hydrogen-bond acceptors (Lipinski definition) is 5. The first-order valence-electron chi connectivity index (χ1n) is 7.81. The second-order valence-corrected chi connectivity index (χ2v) is 6.40. The Balaban J connectivity index is 1.89. The van der Waals surface area contributed by atoms with Crippen molar-refractivity contribution in [2.24, 2.45) is 0 Å². The Hall–Kier alpha value is -2.54. The average molecular weight is 344 g/mol. The van der Waals surface area contributed by atoms with Gasteiger partial charge in [0, 0.05) is 10.9 Å². The molecule has 0 fully saturated rings. The molecule has 24 heavy (non-hydrogen) atoms. The zero-order chi connectivity index (χ0) is 16.7. The molecule has 3 heterocycles. The molecule has 3 aromatic rings. The molecule has 0 saturated carbocycles. The number of aryl methyl sites for hydroxylation is 1. The number of carboxylic acid groups (broad SMARTS) is 1. The highest BCUT2D eigenvalue weighted by molar-refractivity contribution is 7.15. The van der Waals surface area contributed by atoms with Crippen LogP contribution in [-0.4, -0.2) is 33.7 Å². The zero-order valence-corrected chi connectivity index (χ0v) is 13.9. The summed E-state index contributed by atoms with van der Waals surface area (Å²) in [6, 6.07) is 5.67. The quantitative estimate of drug-likeness (QED) is 0.784. The molecule has 0 unspecified atom stereocenters. The lowest BCUT2D eigenvalue weighted by Crippen LogP contribution is -2.15. The van der Waals surface area contributed by atoms with Gasteiger partial charge < -0.3 is 14.6 Å². The molecule has 1 aliphatic heterocycles. The normalized spacial score (nSPS) is 13.4. The molecule has 1 aliphatic rings. The first-order chi connectivity index (χ1) is 11.7. The van der Waals surface area contributed by atoms with Crippen LogP contribution in [0, 0.1) is 0 Å². The van der Waals surface area contributed by atoms with Crippen LogP contribution in [0.2, 0.25) is 0 Å². The summed E-state index contributed by atoms with van der Waals surface area (Å²) in [5.41, 5.74) is 2.57. The summed E-state index contributed by atoms with van der Waals surface area (Å²) < 4.78 is 12.9. The predicted octanol–water partition coefficient (Wildman–Crippen LogP) is 3.48. The fourth-order valence-electron chi connectivity index (χ4n) is 2.94. The largest absolute Gasteiger partial charge is 0.486 e. The molecule has 124 valence electrons. The number of rotatable bonds is 4. The maximum Gasteiger partial charge on any atom is 0.354 e. The third kappa shape index (κ3) is 2.32. The lowest BCUT2D eigenvalue weighted by atomic mass is 10.1. The lowest BCUT2D eigenvalue weighted by molar-refractivity contribution is 0.0688. The summed E-state index contributed by atoms with van der Waals surface area (Å²) in [5, 5.41) is 11.6. The fourth-order valence-corrected chi connectivity index (χ4v) is 3.85. The van der Waals surface area contributed by atoms with Crippen molar-refractivity contribution < 1.29 is 19.4 Å². The van der Waals surface area contributed by atoms with Gasteiger partial charge in [0.2, 0.25) is 0 Å². The van der Waals surface area contributed by atoms with Gasteiger partial charge in [-0.3, -0.25) is 4.40 Å². The molecule has 0 amide bonds. The Labute approximate surface area is 142 Å². The van der Waals surface area contributed by atoms with Crippen LogP contribution >= 0.6 is 11.3 Å². The molecule has 0 bridgehead atoms. The van der Waals surface area contributed by atoms with Crippen molar-refractivity contribution in [3.8, 4) is 22.8 Å². The number of carboxylic acids is 1. The Bertz CT molecular complexity index is 928. The van der Waals surface area contributed by atoms with Crippen LogP contribution in [0.1, 0.15) is 29.5 Å². The van der Waals surface area contributed by atoms with Crippen LogP contribution in [0.5, 0.6) is 11.5 Å². The van der Waals surface area contributed by atoms with Crippen molar-refractivity contribution >= 4 is 22.3 Å². The van der Waals surface area contributed by atoms with Gasteiger partial charge in [-0.15, -0.1) is 11.3 Å². The van der Waals surface area contributed by atoms with Crippen LogP contribution in [0.25, 0.3) is 16.2 Å². The number of hydrogen-bond donors (Lipinski definition) is 1. The first kappa shape index (κ1) is 15.0. The number of fused-ring (bicyclic) bond motifs is 2. The summed E-state index contributed by atoms with van der Waals surface area (Å²) in [6.45, 7) is 3.07. The number of nitrogens with zero attached hydrogens (tertiary/aromatic N) is 2. The van der Waals surface area contributed by atoms with Crippen LogP contribution in [0.4, 0.5) is 0 Å². The zero-order valence-electron chi connectivity index (χ0n) is 13.1. The summed E-state index contributed by atoms with van der Waals surface area (Å²) in [5.74, 6) is 0.444. The summed E-state index contributed by atoms with van der Waals surface area (Å²) in [4.78, 5) is 17.0. The van der Waals surface area contributed by atoms with Crippen molar-refractivity contribution in [1.82, 2.24) is 9.38 Å². The molecule has 4 rings (SSSR count). The molecule has 0 aliphatic carbocycles. The van der Waals surface area contributed by atoms with Gasteiger partial charge in [0.25, 0.3) is 0 Å². The Morgan fingerprint density at radius 2 is 2.12 bits per heavy atom. The van der Waals surface area contributed by atoms with E-state index in [0.29, 0.717) is 41.8 Å². The summed E-state index contributed by atoms with van der Waals surface area (Å²) in [7, 11) is 0. The number of ether oxygens (including phenoxy) is 2. The van der Waals surface area contributed by atoms with Crippen LogP contribution < -0.4 is 9.47 Å². The number of carbonyl (C=O) groups is 1. The highest BCUT2D eigenvalue weighted by atomic mass is 32.1. The topological polar surface area (TPSA) is 73.1 Å². The van der Waals surface area contributed by atoms with Gasteiger partial charge in [-0.1, -0.05) is 13.3 Å². The highest BCUT2D eigenvalue weighted by Crippen LogP contribution is 2.36. The monoisotopic (exact) mass is 344 g/mol. The maximum absolute atomic E-state index is 11.8. The number of aromatic carboxylic acids is 1. The van der Waals surface area contributed by atoms with Gasteiger partial charge in [-0.25, -0.2) is 9.78 Å². The third-order valence-electron chi connectivity index (χ3n) is 3.96. The Morgan fingerprint density at radius 1 is 1.33 bits per heavy atom. The standard InChI is InChI=1S/C17H16N2O4S/c1-2-3-11-15(16(20)21)19-12(9-24-17(19)18-11)10-4-5-13-14(8-10)23-7-6-22-13/h4-5,8-9H,2-3,6-7H2,1H3,(H,20,21). The van der Waals surface area contributed by atoms with Crippen molar-refractivity contribution in [2.75, 3.05) is 13.2 Å². The van der Waals surface area contributed by atoms with E-state index in [2.05, 4.69) is 4.98 Å². The van der Waals surface area contributed by atoms with Crippen molar-refractivity contribution in [2.45, 2.75) is 19.8 Å². The fraction of sp³-hybridized carbons (Fsp3) is 0.294. The molecular weight excluding hydrogens is 328 g/mol. The van der Waals surface area contributed by atoms with E-state index in [1.54, 1.807) is 4.40 Å². The lowest BCUT2D eigenvalue weighted by Gasteiger charge is -2.18. The highest BCUT2D eigenvalue weighted by Gasteiger charge is 2.23. The van der Waals surface area contributed by atoms with Crippen molar-refractivity contribution in [3.63, 3.8) is 0 Å². The Kier molecular flexibility index (Phi) is 3.65. The van der Waals surface area contributed by atoms with E-state index in [9.17, 15) is 9.90 Å². The molecule has 0 spiro atoms. The molecule has 1 N–H and O–H groups in total. The van der Waals surface area contributed by atoms with Gasteiger partial charge in [-0.05, 0) is 24.6 Å². The van der Waals surface area contributed by atoms with E-state index in [1.165, 1.54) is 11.3 Å². The molecule has 1 aromatic carbocycles. The predicted molar refractivity (Wildman–Crippen MR) is 90.4 cm³/mol. The molecule has 0 radical (unpaired) electrons. The van der Waals surface area contributed by atoms with Gasteiger partial charge >= 0.3 is 5.97 Å². The minimum atomic E-state index is -0.955. The Morgan fingerprint density at radius 3 is 2.88 bits per heavy atom. The number of thiazole rings is 1. The minimum Gasteiger partial charge on any atom is -0.486 e. The van der Waals surface area contributed by atoms with E-state index in [0.717, 1.165) is 17.7 Å². The molecule has 6 nitrogen and oxygen atoms in total. The van der Waals surface area contributed by atoms with E-state index in [1.807, 2.05) is 30.5 Å². The molecule has 0 atom stereocenters. The average Bonchev–Trinajstić information content (AvgIpc) is 3.13. The molecular formula is C17H16N2O4S. The van der Waals surface area contributed by atoms with Crippen LogP contribution in [-0.2, 0) is 6.42 Å². The SMILES string of the molecule is CCCc1nc2scc(-c3ccc4c(c3)OCCO4)n2c1C(=O)O. The van der Waals surface area contributed by atoms with Gasteiger partial charge in [0.1, 0.15) is 13.2 Å². The molecule has 0 saturated heterocycles. The van der Waals surface area contributed by atoms with Gasteiger partial charge in [0.05, 0.1) is 11.4 Å². The van der Waals surface area contributed by atoms with Gasteiger partial charge in [0.15, 0.2) is 22.2 Å². The van der Waals surface area contributed by atoms with E-state index in [4.69, 9.17) is 9.47 Å². The van der Waals surface area contributed by atoms with Crippen LogP contribution in [0.3, 0.4) is 0 Å². The third-order valence-corrected chi connectivity index (χ3v) is 4.79. The second kappa shape index (κ2) is 5.83. The van der Waals surface area contributed by atoms with E-state index in [-0.39, 0.29) is 5.69 Å². The number of benzene rings is 1. The maximum atomic E-state index is 11.8. The second-order valence-electron chi connectivity index (χ2n) is 5.56. The van der Waals surface area contributed by atoms with Crippen LogP contribution in [0.15, 0.2) is 23.6 Å². The number of aromatic nitrogens is 2. The molecule has 2 aromatic heterocycles. The van der Waals surface area contributed by atoms with Crippen molar-refractivity contribution in [1.29, 1.82) is 0 Å². The van der Waals surface area contributed by atoms with Crippen molar-refractivity contribution in [3.05, 3.63) is 35.0 Å². The van der Waals surface area contributed by atoms with E-state index >= 15 is 0 Å². The minimum absolute atomic E-state index is 0.248. The van der Waals surface area contributed by atoms with Gasteiger partial charge in [-0.2, -0.15) is 0 Å². The smallest absolute Gasteiger partial charge is 0.354 e. The summed E-state index contributed by atoms with van der Waals surface area (Å²) >= 11 is 1.44. The molecule has 7 heteroatoms. The summed E-state index contributed by atoms with van der Waals surface area (Å²) in [6.07, 6.45) is 1.50. The number of imidazole rings is 1. The first-order valence-corrected chi connectivity index (χ1v) is 8.69. The van der Waals surface area contributed by atoms with E-state index < -0.39 is 5.97 Å².